The molecule has 4 aromatic rings. The van der Waals surface area contributed by atoms with Crippen molar-refractivity contribution in [3.63, 3.8) is 0 Å². The maximum absolute atomic E-state index is 14.7. The minimum absolute atomic E-state index is 0.0565. The lowest BCUT2D eigenvalue weighted by Gasteiger charge is -2.36. The summed E-state index contributed by atoms with van der Waals surface area (Å²) in [6.07, 6.45) is -0.756. The fourth-order valence-electron chi connectivity index (χ4n) is 3.46. The maximum atomic E-state index is 14.7. The van der Waals surface area contributed by atoms with E-state index in [0.717, 1.165) is 5.56 Å². The SMILES string of the molecule is CC(NC(=O)OCc1ccccc1)(c1ccccc1)P(=O)(Oc1ccccc1)Oc1ccccc1. The first-order valence-corrected chi connectivity index (χ1v) is 12.7. The summed E-state index contributed by atoms with van der Waals surface area (Å²) in [6.45, 7) is 1.67. The molecule has 0 aliphatic carbocycles. The van der Waals surface area contributed by atoms with Crippen LogP contribution in [0.2, 0.25) is 0 Å². The third-order valence-corrected chi connectivity index (χ3v) is 7.75. The van der Waals surface area contributed by atoms with Crippen LogP contribution < -0.4 is 14.4 Å². The Kier molecular flexibility index (Phi) is 7.54. The number of alkyl carbamates (subject to hydrolysis) is 1. The predicted octanol–water partition coefficient (Wildman–Crippen LogP) is 7.14. The van der Waals surface area contributed by atoms with Gasteiger partial charge in [-0.3, -0.25) is 5.32 Å². The summed E-state index contributed by atoms with van der Waals surface area (Å²) in [5.41, 5.74) is 1.36. The van der Waals surface area contributed by atoms with Crippen LogP contribution in [0.4, 0.5) is 4.79 Å². The molecule has 1 amide bonds. The summed E-state index contributed by atoms with van der Waals surface area (Å²) in [5.74, 6) is 0.682. The quantitative estimate of drug-likeness (QED) is 0.254. The van der Waals surface area contributed by atoms with Gasteiger partial charge in [0.1, 0.15) is 18.1 Å². The second-order valence-electron chi connectivity index (χ2n) is 7.93. The van der Waals surface area contributed by atoms with Crippen molar-refractivity contribution < 1.29 is 23.1 Å². The lowest BCUT2D eigenvalue weighted by Crippen LogP contribution is -2.45. The van der Waals surface area contributed by atoms with Crippen molar-refractivity contribution in [2.75, 3.05) is 0 Å². The van der Waals surface area contributed by atoms with E-state index in [-0.39, 0.29) is 6.61 Å². The van der Waals surface area contributed by atoms with E-state index in [0.29, 0.717) is 17.1 Å². The van der Waals surface area contributed by atoms with E-state index in [4.69, 9.17) is 13.8 Å². The summed E-state index contributed by atoms with van der Waals surface area (Å²) in [6, 6.07) is 35.7. The zero-order chi connectivity index (χ0) is 24.6. The summed E-state index contributed by atoms with van der Waals surface area (Å²) in [7, 11) is -4.17. The van der Waals surface area contributed by atoms with Gasteiger partial charge >= 0.3 is 13.7 Å². The molecule has 1 N–H and O–H groups in total. The van der Waals surface area contributed by atoms with Gasteiger partial charge < -0.3 is 13.8 Å². The first-order chi connectivity index (χ1) is 17.0. The van der Waals surface area contributed by atoms with Crippen LogP contribution in [-0.4, -0.2) is 6.09 Å². The van der Waals surface area contributed by atoms with Crippen molar-refractivity contribution in [3.05, 3.63) is 132 Å². The number of amides is 1. The van der Waals surface area contributed by atoms with Crippen LogP contribution in [0, 0.1) is 0 Å². The van der Waals surface area contributed by atoms with Gasteiger partial charge in [0.25, 0.3) is 0 Å². The van der Waals surface area contributed by atoms with Crippen molar-refractivity contribution in [1.82, 2.24) is 5.32 Å². The van der Waals surface area contributed by atoms with Crippen LogP contribution in [0.5, 0.6) is 11.5 Å². The van der Waals surface area contributed by atoms with Crippen LogP contribution in [0.3, 0.4) is 0 Å². The van der Waals surface area contributed by atoms with Gasteiger partial charge in [-0.25, -0.2) is 9.36 Å². The Morgan fingerprint density at radius 3 is 1.63 bits per heavy atom. The molecule has 1 unspecified atom stereocenters. The number of nitrogens with one attached hydrogen (secondary N) is 1. The lowest BCUT2D eigenvalue weighted by molar-refractivity contribution is 0.131. The van der Waals surface area contributed by atoms with Gasteiger partial charge in [0.15, 0.2) is 5.28 Å². The number of para-hydroxylation sites is 2. The van der Waals surface area contributed by atoms with Gasteiger partial charge in [-0.2, -0.15) is 0 Å². The number of hydrogen-bond acceptors (Lipinski definition) is 5. The zero-order valence-electron chi connectivity index (χ0n) is 19.2. The average molecular weight is 487 g/mol. The lowest BCUT2D eigenvalue weighted by atomic mass is 10.1. The highest BCUT2D eigenvalue weighted by Gasteiger charge is 2.53. The van der Waals surface area contributed by atoms with E-state index in [1.165, 1.54) is 0 Å². The standard InChI is InChI=1S/C28H26NO5P/c1-28(24-16-8-3-9-17-24,29-27(30)32-22-23-14-6-2-7-15-23)35(31,33-25-18-10-4-11-19-25)34-26-20-12-5-13-21-26/h2-21H,22H2,1H3,(H,29,30). The smallest absolute Gasteiger partial charge is 0.445 e. The topological polar surface area (TPSA) is 73.9 Å². The number of carbonyl (C=O) groups excluding carboxylic acids is 1. The highest BCUT2D eigenvalue weighted by molar-refractivity contribution is 7.56. The Bertz CT molecular complexity index is 1220. The molecule has 0 aliphatic heterocycles. The molecule has 0 radical (unpaired) electrons. The number of benzene rings is 4. The van der Waals surface area contributed by atoms with Crippen LogP contribution in [-0.2, 0) is 21.2 Å². The third kappa shape index (κ3) is 5.92. The molecule has 4 rings (SSSR count). The largest absolute Gasteiger partial charge is 0.460 e. The van der Waals surface area contributed by atoms with Crippen LogP contribution in [0.25, 0.3) is 0 Å². The molecule has 35 heavy (non-hydrogen) atoms. The monoisotopic (exact) mass is 487 g/mol. The average Bonchev–Trinajstić information content (AvgIpc) is 2.89. The van der Waals surface area contributed by atoms with Crippen LogP contribution in [0.15, 0.2) is 121 Å². The fourth-order valence-corrected chi connectivity index (χ4v) is 5.36. The Morgan fingerprint density at radius 2 is 1.14 bits per heavy atom. The summed E-state index contributed by atoms with van der Waals surface area (Å²) < 4.78 is 32.2. The minimum atomic E-state index is -4.17. The molecular weight excluding hydrogens is 461 g/mol. The van der Waals surface area contributed by atoms with Gasteiger partial charge in [-0.15, -0.1) is 0 Å². The van der Waals surface area contributed by atoms with E-state index in [1.807, 2.05) is 48.5 Å². The molecule has 178 valence electrons. The maximum Gasteiger partial charge on any atom is 0.460 e. The Hall–Kier alpha value is -4.02. The second-order valence-corrected chi connectivity index (χ2v) is 10.2. The normalized spacial score (nSPS) is 12.7. The van der Waals surface area contributed by atoms with Crippen molar-refractivity contribution in [2.45, 2.75) is 18.8 Å². The molecule has 4 aromatic carbocycles. The number of carbonyl (C=O) groups is 1. The van der Waals surface area contributed by atoms with E-state index in [1.54, 1.807) is 79.7 Å². The molecule has 6 nitrogen and oxygen atoms in total. The van der Waals surface area contributed by atoms with Crippen molar-refractivity contribution in [3.8, 4) is 11.5 Å². The van der Waals surface area contributed by atoms with Crippen molar-refractivity contribution in [1.29, 1.82) is 0 Å². The highest BCUT2D eigenvalue weighted by atomic mass is 31.2. The third-order valence-electron chi connectivity index (χ3n) is 5.38. The molecule has 0 fully saturated rings. The van der Waals surface area contributed by atoms with Gasteiger partial charge in [0, 0.05) is 0 Å². The molecule has 7 heteroatoms. The van der Waals surface area contributed by atoms with Gasteiger partial charge in [-0.1, -0.05) is 97.1 Å². The predicted molar refractivity (Wildman–Crippen MR) is 135 cm³/mol. The number of hydrogen-bond donors (Lipinski definition) is 1. The fraction of sp³-hybridized carbons (Fsp3) is 0.107. The Labute approximate surface area is 205 Å². The molecule has 0 spiro atoms. The minimum Gasteiger partial charge on any atom is -0.445 e. The van der Waals surface area contributed by atoms with Crippen molar-refractivity contribution in [2.24, 2.45) is 0 Å². The molecule has 0 aliphatic rings. The van der Waals surface area contributed by atoms with Gasteiger partial charge in [0.05, 0.1) is 0 Å². The molecule has 0 saturated carbocycles. The number of ether oxygens (including phenoxy) is 1. The van der Waals surface area contributed by atoms with Gasteiger partial charge in [-0.05, 0) is 42.3 Å². The Morgan fingerprint density at radius 1 is 0.714 bits per heavy atom. The zero-order valence-corrected chi connectivity index (χ0v) is 20.1. The summed E-state index contributed by atoms with van der Waals surface area (Å²) in [5, 5.41) is 1.20. The van der Waals surface area contributed by atoms with Crippen LogP contribution in [0.1, 0.15) is 18.1 Å². The van der Waals surface area contributed by atoms with E-state index in [9.17, 15) is 9.36 Å². The molecule has 0 aromatic heterocycles. The van der Waals surface area contributed by atoms with Gasteiger partial charge in [0.2, 0.25) is 0 Å². The first-order valence-electron chi connectivity index (χ1n) is 11.1. The second kappa shape index (κ2) is 10.9. The first kappa shape index (κ1) is 24.1. The van der Waals surface area contributed by atoms with Crippen molar-refractivity contribution >= 4 is 13.7 Å². The molecular formula is C28H26NO5P. The van der Waals surface area contributed by atoms with E-state index >= 15 is 0 Å². The highest BCUT2D eigenvalue weighted by Crippen LogP contribution is 2.62. The molecule has 0 heterocycles. The summed E-state index contributed by atoms with van der Waals surface area (Å²) >= 11 is 0. The van der Waals surface area contributed by atoms with Crippen LogP contribution >= 0.6 is 7.60 Å². The molecule has 0 saturated heterocycles. The van der Waals surface area contributed by atoms with E-state index in [2.05, 4.69) is 5.32 Å². The Balaban J connectivity index is 1.71. The molecule has 0 bridgehead atoms. The number of rotatable bonds is 9. The van der Waals surface area contributed by atoms with E-state index < -0.39 is 19.0 Å². The summed E-state index contributed by atoms with van der Waals surface area (Å²) in [4.78, 5) is 13.0. The molecule has 1 atom stereocenters.